The topological polar surface area (TPSA) is 11.4 Å². The number of hydrogen-bond acceptors (Lipinski definition) is 2. The molecule has 304 valence electrons. The van der Waals surface area contributed by atoms with Crippen molar-refractivity contribution >= 4 is 55.9 Å². The van der Waals surface area contributed by atoms with Gasteiger partial charge < -0.3 is 14.4 Å². The fraction of sp³-hybridized carbons (Fsp3) is 0.186. The molecule has 5 atom stereocenters. The van der Waals surface area contributed by atoms with Crippen LogP contribution in [-0.4, -0.2) is 4.57 Å². The Morgan fingerprint density at radius 3 is 1.42 bits per heavy atom. The molecule has 1 heterocycles. The fourth-order valence-electron chi connectivity index (χ4n) is 12.0. The van der Waals surface area contributed by atoms with E-state index in [4.69, 9.17) is 0 Å². The largest absolute Gasteiger partial charge is 0.311 e. The Labute approximate surface area is 366 Å². The van der Waals surface area contributed by atoms with Crippen molar-refractivity contribution in [3.63, 3.8) is 0 Å². The summed E-state index contributed by atoms with van der Waals surface area (Å²) in [5.41, 5.74) is 13.3. The van der Waals surface area contributed by atoms with E-state index in [0.717, 1.165) is 40.3 Å². The number of nitrogens with zero attached hydrogens (tertiary/aromatic N) is 3. The van der Waals surface area contributed by atoms with E-state index in [0.29, 0.717) is 11.8 Å². The molecule has 2 bridgehead atoms. The quantitative estimate of drug-likeness (QED) is 0.144. The third-order valence-electron chi connectivity index (χ3n) is 14.3. The molecule has 0 saturated heterocycles. The van der Waals surface area contributed by atoms with E-state index in [9.17, 15) is 0 Å². The molecule has 5 unspecified atom stereocenters. The zero-order chi connectivity index (χ0) is 41.6. The summed E-state index contributed by atoms with van der Waals surface area (Å²) in [5, 5.41) is 2.50. The Hall–Kier alpha value is -6.84. The van der Waals surface area contributed by atoms with E-state index in [2.05, 4.69) is 241 Å². The highest BCUT2D eigenvalue weighted by Gasteiger charge is 2.52. The molecule has 0 amide bonds. The van der Waals surface area contributed by atoms with Gasteiger partial charge in [-0.2, -0.15) is 0 Å². The van der Waals surface area contributed by atoms with Crippen LogP contribution in [0.5, 0.6) is 0 Å². The van der Waals surface area contributed by atoms with Crippen LogP contribution >= 0.6 is 0 Å². The monoisotopic (exact) mass is 803 g/mol. The van der Waals surface area contributed by atoms with E-state index < -0.39 is 0 Å². The average Bonchev–Trinajstić information content (AvgIpc) is 3.65. The molecule has 0 spiro atoms. The molecule has 1 aromatic heterocycles. The Morgan fingerprint density at radius 1 is 0.403 bits per heavy atom. The summed E-state index contributed by atoms with van der Waals surface area (Å²) in [6.45, 7) is 5.05. The first kappa shape index (κ1) is 38.1. The number of benzene rings is 8. The van der Waals surface area contributed by atoms with Gasteiger partial charge in [0.2, 0.25) is 0 Å². The van der Waals surface area contributed by atoms with Gasteiger partial charge in [-0.05, 0) is 158 Å². The lowest BCUT2D eigenvalue weighted by molar-refractivity contribution is 0.0402. The van der Waals surface area contributed by atoms with Crippen LogP contribution in [0.25, 0.3) is 27.5 Å². The van der Waals surface area contributed by atoms with Crippen molar-refractivity contribution in [1.82, 2.24) is 4.57 Å². The highest BCUT2D eigenvalue weighted by Crippen LogP contribution is 2.59. The van der Waals surface area contributed by atoms with E-state index in [1.54, 1.807) is 0 Å². The van der Waals surface area contributed by atoms with E-state index in [1.807, 2.05) is 0 Å². The second-order valence-electron chi connectivity index (χ2n) is 18.0. The number of hydrogen-bond donors (Lipinski definition) is 0. The van der Waals surface area contributed by atoms with Crippen LogP contribution in [0.2, 0.25) is 0 Å². The Bertz CT molecular complexity index is 2900. The van der Waals surface area contributed by atoms with Gasteiger partial charge >= 0.3 is 0 Å². The number of para-hydroxylation sites is 5. The van der Waals surface area contributed by atoms with Gasteiger partial charge in [0.05, 0.1) is 11.0 Å². The standard InChI is InChI=1S/C59H53N3/c1-42-37-44-39-43(2)59(47(38-42)40-44,45-27-31-52(32-28-45)60(48-17-7-3-8-18-48)49-19-9-4-10-20-49)46-29-33-53(34-30-46)61(50-21-11-5-12-22-50)54-35-36-58-56(41-54)55-25-15-16-26-57(55)62(58)51-23-13-6-14-24-51/h3-36,41-44,47H,37-40H2,1-2H3. The lowest BCUT2D eigenvalue weighted by Crippen LogP contribution is -2.50. The van der Waals surface area contributed by atoms with Crippen LogP contribution in [0.3, 0.4) is 0 Å². The van der Waals surface area contributed by atoms with Crippen molar-refractivity contribution in [3.05, 3.63) is 223 Å². The first-order valence-electron chi connectivity index (χ1n) is 22.6. The number of anilines is 6. The second-order valence-corrected chi connectivity index (χ2v) is 18.0. The number of rotatable bonds is 9. The van der Waals surface area contributed by atoms with Gasteiger partial charge in [-0.25, -0.2) is 0 Å². The molecule has 11 rings (SSSR count). The second kappa shape index (κ2) is 15.9. The minimum absolute atomic E-state index is 0.0949. The number of fused-ring (bicyclic) bond motifs is 5. The van der Waals surface area contributed by atoms with E-state index in [-0.39, 0.29) is 5.41 Å². The maximum atomic E-state index is 2.55. The highest BCUT2D eigenvalue weighted by atomic mass is 15.1. The van der Waals surface area contributed by atoms with Gasteiger partial charge in [-0.3, -0.25) is 0 Å². The van der Waals surface area contributed by atoms with Crippen LogP contribution in [0, 0.1) is 23.7 Å². The smallest absolute Gasteiger partial charge is 0.0542 e. The molecular weight excluding hydrogens is 751 g/mol. The molecule has 9 aromatic rings. The SMILES string of the molecule is CC1CC2CC(C)C(c3ccc(N(c4ccccc4)c4ccccc4)cc3)(c3ccc(N(c4ccccc4)c4ccc5c(c4)c4ccccc4n5-c4ccccc4)cc3)C(C1)C2. The number of aromatic nitrogens is 1. The van der Waals surface area contributed by atoms with Crippen molar-refractivity contribution in [2.45, 2.75) is 44.9 Å². The Kier molecular flexibility index (Phi) is 9.76. The minimum atomic E-state index is -0.0949. The summed E-state index contributed by atoms with van der Waals surface area (Å²) in [7, 11) is 0. The molecule has 0 radical (unpaired) electrons. The molecule has 0 N–H and O–H groups in total. The van der Waals surface area contributed by atoms with Gasteiger partial charge in [0.15, 0.2) is 0 Å². The lowest BCUT2D eigenvalue weighted by Gasteiger charge is -2.55. The predicted molar refractivity (Wildman–Crippen MR) is 261 cm³/mol. The third-order valence-corrected chi connectivity index (χ3v) is 14.3. The molecular formula is C59H53N3. The van der Waals surface area contributed by atoms with Gasteiger partial charge in [-0.1, -0.05) is 129 Å². The lowest BCUT2D eigenvalue weighted by atomic mass is 9.48. The summed E-state index contributed by atoms with van der Waals surface area (Å²) in [6.07, 6.45) is 5.18. The minimum Gasteiger partial charge on any atom is -0.311 e. The van der Waals surface area contributed by atoms with Crippen molar-refractivity contribution in [1.29, 1.82) is 0 Å². The zero-order valence-corrected chi connectivity index (χ0v) is 35.7. The van der Waals surface area contributed by atoms with Crippen molar-refractivity contribution in [3.8, 4) is 5.69 Å². The first-order chi connectivity index (χ1) is 30.6. The summed E-state index contributed by atoms with van der Waals surface area (Å²) in [5.74, 6) is 2.61. The van der Waals surface area contributed by atoms with Gasteiger partial charge in [-0.15, -0.1) is 0 Å². The Balaban J connectivity index is 1.03. The van der Waals surface area contributed by atoms with Gasteiger partial charge in [0.25, 0.3) is 0 Å². The molecule has 62 heavy (non-hydrogen) atoms. The van der Waals surface area contributed by atoms with Crippen molar-refractivity contribution < 1.29 is 0 Å². The third kappa shape index (κ3) is 6.50. The first-order valence-corrected chi connectivity index (χ1v) is 22.6. The van der Waals surface area contributed by atoms with Crippen molar-refractivity contribution in [2.24, 2.45) is 23.7 Å². The van der Waals surface area contributed by atoms with Gasteiger partial charge in [0.1, 0.15) is 0 Å². The average molecular weight is 804 g/mol. The molecule has 0 aliphatic heterocycles. The van der Waals surface area contributed by atoms with Gasteiger partial charge in [0, 0.05) is 56.0 Å². The highest BCUT2D eigenvalue weighted by molar-refractivity contribution is 6.10. The summed E-state index contributed by atoms with van der Waals surface area (Å²) >= 11 is 0. The Morgan fingerprint density at radius 2 is 0.855 bits per heavy atom. The molecule has 8 aromatic carbocycles. The normalized spacial score (nSPS) is 20.9. The fourth-order valence-corrected chi connectivity index (χ4v) is 12.0. The van der Waals surface area contributed by atoms with Crippen LogP contribution in [-0.2, 0) is 5.41 Å². The molecule has 2 aliphatic carbocycles. The molecule has 3 heteroatoms. The van der Waals surface area contributed by atoms with E-state index in [1.165, 1.54) is 70.0 Å². The van der Waals surface area contributed by atoms with E-state index >= 15 is 0 Å². The predicted octanol–water partition coefficient (Wildman–Crippen LogP) is 16.1. The molecule has 3 nitrogen and oxygen atoms in total. The van der Waals surface area contributed by atoms with Crippen molar-refractivity contribution in [2.75, 3.05) is 9.80 Å². The summed E-state index contributed by atoms with van der Waals surface area (Å²) < 4.78 is 2.39. The summed E-state index contributed by atoms with van der Waals surface area (Å²) in [4.78, 5) is 4.81. The molecule has 2 saturated carbocycles. The molecule has 2 aliphatic rings. The maximum Gasteiger partial charge on any atom is 0.0542 e. The van der Waals surface area contributed by atoms with Crippen LogP contribution < -0.4 is 9.80 Å². The zero-order valence-electron chi connectivity index (χ0n) is 35.7. The summed E-state index contributed by atoms with van der Waals surface area (Å²) in [6, 6.07) is 78.4. The maximum absolute atomic E-state index is 2.55. The van der Waals surface area contributed by atoms with Crippen LogP contribution in [0.15, 0.2) is 212 Å². The van der Waals surface area contributed by atoms with Crippen LogP contribution in [0.4, 0.5) is 34.1 Å². The molecule has 2 fully saturated rings. The van der Waals surface area contributed by atoms with Crippen LogP contribution in [0.1, 0.15) is 50.7 Å².